The van der Waals surface area contributed by atoms with Gasteiger partial charge in [0.05, 0.1) is 18.6 Å². The van der Waals surface area contributed by atoms with E-state index in [-0.39, 0.29) is 18.1 Å². The van der Waals surface area contributed by atoms with Crippen molar-refractivity contribution in [1.29, 1.82) is 0 Å². The smallest absolute Gasteiger partial charge is 0.227 e. The second-order valence-electron chi connectivity index (χ2n) is 7.57. The van der Waals surface area contributed by atoms with Crippen molar-refractivity contribution in [1.82, 2.24) is 9.80 Å². The minimum Gasteiger partial charge on any atom is -0.373 e. The lowest BCUT2D eigenvalue weighted by molar-refractivity contribution is -0.132. The van der Waals surface area contributed by atoms with Crippen molar-refractivity contribution < 1.29 is 13.9 Å². The molecule has 0 radical (unpaired) electrons. The molecule has 2 aliphatic rings. The van der Waals surface area contributed by atoms with E-state index in [1.54, 1.807) is 18.2 Å². The molecule has 0 N–H and O–H groups in total. The first-order chi connectivity index (χ1) is 12.0. The summed E-state index contributed by atoms with van der Waals surface area (Å²) >= 11 is 0. The molecule has 2 atom stereocenters. The van der Waals surface area contributed by atoms with Gasteiger partial charge in [-0.3, -0.25) is 9.69 Å². The molecule has 2 heterocycles. The van der Waals surface area contributed by atoms with Gasteiger partial charge in [0.25, 0.3) is 0 Å². The van der Waals surface area contributed by atoms with E-state index >= 15 is 0 Å². The number of rotatable bonds is 4. The van der Waals surface area contributed by atoms with Crippen LogP contribution in [0.15, 0.2) is 24.3 Å². The molecule has 1 aromatic carbocycles. The van der Waals surface area contributed by atoms with E-state index in [1.807, 2.05) is 4.90 Å². The first kappa shape index (κ1) is 18.3. The number of hydrogen-bond acceptors (Lipinski definition) is 3. The molecule has 0 aromatic heterocycles. The summed E-state index contributed by atoms with van der Waals surface area (Å²) < 4.78 is 19.5. The molecule has 138 valence electrons. The molecule has 2 aliphatic heterocycles. The Bertz CT molecular complexity index is 577. The van der Waals surface area contributed by atoms with Crippen LogP contribution < -0.4 is 0 Å². The number of piperidine rings is 1. The summed E-state index contributed by atoms with van der Waals surface area (Å²) in [5.41, 5.74) is 0.492. The highest BCUT2D eigenvalue weighted by molar-refractivity contribution is 5.78. The summed E-state index contributed by atoms with van der Waals surface area (Å²) in [6, 6.07) is 6.55. The normalized spacial score (nSPS) is 26.0. The van der Waals surface area contributed by atoms with E-state index < -0.39 is 0 Å². The number of hydrogen-bond donors (Lipinski definition) is 0. The van der Waals surface area contributed by atoms with Gasteiger partial charge in [0.15, 0.2) is 0 Å². The summed E-state index contributed by atoms with van der Waals surface area (Å²) in [5, 5.41) is 0. The van der Waals surface area contributed by atoms with E-state index in [0.29, 0.717) is 23.7 Å². The third-order valence-electron chi connectivity index (χ3n) is 5.28. The molecule has 0 aliphatic carbocycles. The minimum atomic E-state index is -0.290. The Balaban J connectivity index is 1.45. The monoisotopic (exact) mass is 348 g/mol. The summed E-state index contributed by atoms with van der Waals surface area (Å²) in [6.07, 6.45) is 2.82. The number of amides is 1. The lowest BCUT2D eigenvalue weighted by Crippen LogP contribution is -2.48. The van der Waals surface area contributed by atoms with Crippen molar-refractivity contribution in [3.8, 4) is 0 Å². The third kappa shape index (κ3) is 5.02. The van der Waals surface area contributed by atoms with Crippen LogP contribution in [0.1, 0.15) is 32.3 Å². The Labute approximate surface area is 149 Å². The molecular formula is C20H29FN2O2. The lowest BCUT2D eigenvalue weighted by atomic mass is 9.95. The Morgan fingerprint density at radius 3 is 2.44 bits per heavy atom. The van der Waals surface area contributed by atoms with Gasteiger partial charge in [-0.25, -0.2) is 4.39 Å². The van der Waals surface area contributed by atoms with Gasteiger partial charge in [-0.2, -0.15) is 0 Å². The molecule has 0 bridgehead atoms. The number of carbonyl (C=O) groups excluding carboxylic acids is 1. The van der Waals surface area contributed by atoms with Crippen LogP contribution >= 0.6 is 0 Å². The Morgan fingerprint density at radius 1 is 1.16 bits per heavy atom. The van der Waals surface area contributed by atoms with Crippen LogP contribution in [0.4, 0.5) is 4.39 Å². The van der Waals surface area contributed by atoms with Gasteiger partial charge in [-0.15, -0.1) is 0 Å². The van der Waals surface area contributed by atoms with Crippen molar-refractivity contribution in [3.63, 3.8) is 0 Å². The van der Waals surface area contributed by atoms with Crippen LogP contribution in [0.5, 0.6) is 0 Å². The Kier molecular flexibility index (Phi) is 6.07. The second-order valence-corrected chi connectivity index (χ2v) is 7.57. The SMILES string of the molecule is CC1CN(CC2CCN(C(=O)Cc3ccccc3F)CC2)CC(C)O1. The van der Waals surface area contributed by atoms with E-state index in [1.165, 1.54) is 6.07 Å². The van der Waals surface area contributed by atoms with Gasteiger partial charge < -0.3 is 9.64 Å². The quantitative estimate of drug-likeness (QED) is 0.839. The highest BCUT2D eigenvalue weighted by atomic mass is 19.1. The van der Waals surface area contributed by atoms with Crippen LogP contribution in [-0.4, -0.2) is 60.6 Å². The van der Waals surface area contributed by atoms with Gasteiger partial charge >= 0.3 is 0 Å². The lowest BCUT2D eigenvalue weighted by Gasteiger charge is -2.39. The molecule has 0 saturated carbocycles. The van der Waals surface area contributed by atoms with Gasteiger partial charge in [0.2, 0.25) is 5.91 Å². The maximum atomic E-state index is 13.7. The fraction of sp³-hybridized carbons (Fsp3) is 0.650. The highest BCUT2D eigenvalue weighted by Gasteiger charge is 2.28. The average molecular weight is 348 g/mol. The number of ether oxygens (including phenoxy) is 1. The van der Waals surface area contributed by atoms with Gasteiger partial charge in [-0.05, 0) is 44.2 Å². The summed E-state index contributed by atoms with van der Waals surface area (Å²) in [4.78, 5) is 16.8. The van der Waals surface area contributed by atoms with Crippen molar-refractivity contribution in [2.75, 3.05) is 32.7 Å². The molecule has 4 nitrogen and oxygen atoms in total. The molecule has 25 heavy (non-hydrogen) atoms. The fourth-order valence-electron chi connectivity index (χ4n) is 4.08. The predicted molar refractivity (Wildman–Crippen MR) is 95.9 cm³/mol. The van der Waals surface area contributed by atoms with E-state index in [0.717, 1.165) is 45.6 Å². The molecule has 1 aromatic rings. The van der Waals surface area contributed by atoms with Crippen LogP contribution in [0.2, 0.25) is 0 Å². The number of nitrogens with zero attached hydrogens (tertiary/aromatic N) is 2. The van der Waals surface area contributed by atoms with Crippen molar-refractivity contribution >= 4 is 5.91 Å². The average Bonchev–Trinajstić information content (AvgIpc) is 2.56. The third-order valence-corrected chi connectivity index (χ3v) is 5.28. The highest BCUT2D eigenvalue weighted by Crippen LogP contribution is 2.21. The second kappa shape index (κ2) is 8.28. The zero-order valence-corrected chi connectivity index (χ0v) is 15.3. The largest absolute Gasteiger partial charge is 0.373 e. The van der Waals surface area contributed by atoms with Crippen molar-refractivity contribution in [2.24, 2.45) is 5.92 Å². The summed E-state index contributed by atoms with van der Waals surface area (Å²) in [5.74, 6) is 0.383. The number of morpholine rings is 1. The van der Waals surface area contributed by atoms with Crippen LogP contribution in [0, 0.1) is 11.7 Å². The van der Waals surface area contributed by atoms with Gasteiger partial charge in [-0.1, -0.05) is 18.2 Å². The first-order valence-corrected chi connectivity index (χ1v) is 9.40. The molecule has 2 fully saturated rings. The number of likely N-dealkylation sites (tertiary alicyclic amines) is 1. The molecule has 0 spiro atoms. The zero-order valence-electron chi connectivity index (χ0n) is 15.3. The van der Waals surface area contributed by atoms with Gasteiger partial charge in [0, 0.05) is 32.7 Å². The number of benzene rings is 1. The first-order valence-electron chi connectivity index (χ1n) is 9.40. The Hall–Kier alpha value is -1.46. The van der Waals surface area contributed by atoms with E-state index in [9.17, 15) is 9.18 Å². The molecule has 1 amide bonds. The maximum absolute atomic E-state index is 13.7. The topological polar surface area (TPSA) is 32.8 Å². The summed E-state index contributed by atoms with van der Waals surface area (Å²) in [6.45, 7) is 8.92. The summed E-state index contributed by atoms with van der Waals surface area (Å²) in [7, 11) is 0. The standard InChI is InChI=1S/C20H29FN2O2/c1-15-12-22(13-16(2)25-15)14-17-7-9-23(10-8-17)20(24)11-18-5-3-4-6-19(18)21/h3-6,15-17H,7-14H2,1-2H3. The molecule has 2 saturated heterocycles. The fourth-order valence-corrected chi connectivity index (χ4v) is 4.08. The zero-order chi connectivity index (χ0) is 17.8. The molecule has 5 heteroatoms. The molecule has 3 rings (SSSR count). The number of carbonyl (C=O) groups is 1. The van der Waals surface area contributed by atoms with E-state index in [2.05, 4.69) is 18.7 Å². The van der Waals surface area contributed by atoms with Crippen molar-refractivity contribution in [2.45, 2.75) is 45.3 Å². The molecular weight excluding hydrogens is 319 g/mol. The van der Waals surface area contributed by atoms with Crippen molar-refractivity contribution in [3.05, 3.63) is 35.6 Å². The van der Waals surface area contributed by atoms with Crippen LogP contribution in [0.25, 0.3) is 0 Å². The van der Waals surface area contributed by atoms with Crippen LogP contribution in [0.3, 0.4) is 0 Å². The maximum Gasteiger partial charge on any atom is 0.227 e. The van der Waals surface area contributed by atoms with Crippen LogP contribution in [-0.2, 0) is 16.0 Å². The van der Waals surface area contributed by atoms with E-state index in [4.69, 9.17) is 4.74 Å². The minimum absolute atomic E-state index is 0.0390. The molecule has 2 unspecified atom stereocenters. The van der Waals surface area contributed by atoms with Gasteiger partial charge in [0.1, 0.15) is 5.82 Å². The Morgan fingerprint density at radius 2 is 1.80 bits per heavy atom. The predicted octanol–water partition coefficient (Wildman–Crippen LogP) is 2.72. The number of halogens is 1.